The smallest absolute Gasteiger partial charge is 0.255 e. The second-order valence-corrected chi connectivity index (χ2v) is 4.93. The fourth-order valence-electron chi connectivity index (χ4n) is 1.61. The van der Waals surface area contributed by atoms with E-state index in [9.17, 15) is 4.79 Å². The lowest BCUT2D eigenvalue weighted by atomic mass is 10.2. The molecule has 1 rings (SSSR count). The molecule has 1 atom stereocenters. The molecular formula is C13H20BrClN2O2. The number of nitrogens with one attached hydrogen (secondary N) is 2. The molecule has 0 fully saturated rings. The van der Waals surface area contributed by atoms with Gasteiger partial charge in [-0.1, -0.05) is 22.9 Å². The van der Waals surface area contributed by atoms with E-state index in [1.54, 1.807) is 19.2 Å². The molecule has 0 aliphatic heterocycles. The van der Waals surface area contributed by atoms with E-state index in [0.29, 0.717) is 17.9 Å². The zero-order valence-corrected chi connectivity index (χ0v) is 13.7. The topological polar surface area (TPSA) is 50.4 Å². The molecule has 0 unspecified atom stereocenters. The number of rotatable bonds is 6. The number of halogens is 2. The van der Waals surface area contributed by atoms with Crippen LogP contribution in [0.25, 0.3) is 0 Å². The summed E-state index contributed by atoms with van der Waals surface area (Å²) in [5, 5.41) is 6.12. The molecular weight excluding hydrogens is 332 g/mol. The van der Waals surface area contributed by atoms with E-state index in [-0.39, 0.29) is 24.4 Å². The van der Waals surface area contributed by atoms with Crippen molar-refractivity contribution in [2.45, 2.75) is 19.9 Å². The van der Waals surface area contributed by atoms with Crippen LogP contribution < -0.4 is 15.4 Å². The summed E-state index contributed by atoms with van der Waals surface area (Å²) < 4.78 is 6.08. The van der Waals surface area contributed by atoms with Gasteiger partial charge in [0.2, 0.25) is 0 Å². The van der Waals surface area contributed by atoms with Crippen LogP contribution in [0.4, 0.5) is 0 Å². The molecule has 2 N–H and O–H groups in total. The summed E-state index contributed by atoms with van der Waals surface area (Å²) in [4.78, 5) is 12.0. The molecule has 1 aromatic carbocycles. The van der Waals surface area contributed by atoms with Crippen molar-refractivity contribution in [3.8, 4) is 5.75 Å². The van der Waals surface area contributed by atoms with E-state index in [1.807, 2.05) is 19.9 Å². The number of likely N-dealkylation sites (N-methyl/N-ethyl adjacent to an activating group) is 1. The second kappa shape index (κ2) is 9.18. The molecule has 0 radical (unpaired) electrons. The Labute approximate surface area is 128 Å². The molecule has 108 valence electrons. The number of carbonyl (C=O) groups excluding carboxylic acids is 1. The highest BCUT2D eigenvalue weighted by atomic mass is 79.9. The van der Waals surface area contributed by atoms with Crippen molar-refractivity contribution in [2.24, 2.45) is 0 Å². The summed E-state index contributed by atoms with van der Waals surface area (Å²) >= 11 is 3.35. The van der Waals surface area contributed by atoms with E-state index in [0.717, 1.165) is 11.0 Å². The van der Waals surface area contributed by atoms with Gasteiger partial charge in [-0.05, 0) is 31.7 Å². The maximum absolute atomic E-state index is 12.0. The Morgan fingerprint density at radius 2 is 2.16 bits per heavy atom. The normalized spacial score (nSPS) is 11.4. The summed E-state index contributed by atoms with van der Waals surface area (Å²) in [6, 6.07) is 5.60. The van der Waals surface area contributed by atoms with Crippen LogP contribution in [0, 0.1) is 0 Å². The van der Waals surface area contributed by atoms with Gasteiger partial charge in [0.25, 0.3) is 5.91 Å². The van der Waals surface area contributed by atoms with Gasteiger partial charge in [0.15, 0.2) is 0 Å². The lowest BCUT2D eigenvalue weighted by Crippen LogP contribution is -2.38. The molecule has 1 aromatic rings. The van der Waals surface area contributed by atoms with Crippen molar-refractivity contribution in [1.82, 2.24) is 10.6 Å². The zero-order chi connectivity index (χ0) is 13.5. The fraction of sp³-hybridized carbons (Fsp3) is 0.462. The van der Waals surface area contributed by atoms with E-state index in [4.69, 9.17) is 4.74 Å². The third kappa shape index (κ3) is 5.80. The number of methoxy groups -OCH3 is 1. The van der Waals surface area contributed by atoms with Gasteiger partial charge in [-0.15, -0.1) is 12.4 Å². The molecule has 0 saturated carbocycles. The van der Waals surface area contributed by atoms with Crippen LogP contribution >= 0.6 is 28.3 Å². The quantitative estimate of drug-likeness (QED) is 0.828. The summed E-state index contributed by atoms with van der Waals surface area (Å²) in [5.74, 6) is 0.446. The average Bonchev–Trinajstić information content (AvgIpc) is 2.36. The molecule has 0 bridgehead atoms. The first-order valence-electron chi connectivity index (χ1n) is 5.93. The predicted octanol–water partition coefficient (Wildman–Crippen LogP) is 2.61. The van der Waals surface area contributed by atoms with Gasteiger partial charge >= 0.3 is 0 Å². The Bertz CT molecular complexity index is 416. The summed E-state index contributed by atoms with van der Waals surface area (Å²) in [6.45, 7) is 5.54. The highest BCUT2D eigenvalue weighted by molar-refractivity contribution is 9.10. The van der Waals surface area contributed by atoms with Crippen molar-refractivity contribution >= 4 is 34.2 Å². The SMILES string of the molecule is CCN[C@H](C)CNC(=O)c1ccc(Br)cc1OC.Cl. The zero-order valence-electron chi connectivity index (χ0n) is 11.3. The monoisotopic (exact) mass is 350 g/mol. The van der Waals surface area contributed by atoms with Crippen molar-refractivity contribution in [1.29, 1.82) is 0 Å². The van der Waals surface area contributed by atoms with Crippen LogP contribution in [-0.2, 0) is 0 Å². The van der Waals surface area contributed by atoms with E-state index in [1.165, 1.54) is 0 Å². The minimum Gasteiger partial charge on any atom is -0.496 e. The Morgan fingerprint density at radius 1 is 1.47 bits per heavy atom. The molecule has 1 amide bonds. The molecule has 4 nitrogen and oxygen atoms in total. The molecule has 0 aliphatic rings. The van der Waals surface area contributed by atoms with Gasteiger partial charge in [0.05, 0.1) is 12.7 Å². The first-order valence-corrected chi connectivity index (χ1v) is 6.72. The molecule has 6 heteroatoms. The number of hydrogen-bond donors (Lipinski definition) is 2. The number of amides is 1. The predicted molar refractivity (Wildman–Crippen MR) is 83.4 cm³/mol. The first kappa shape index (κ1) is 18.2. The number of benzene rings is 1. The fourth-order valence-corrected chi connectivity index (χ4v) is 1.95. The Morgan fingerprint density at radius 3 is 2.74 bits per heavy atom. The summed E-state index contributed by atoms with van der Waals surface area (Å²) in [5.41, 5.74) is 0.546. The first-order chi connectivity index (χ1) is 8.58. The minimum atomic E-state index is -0.121. The lowest BCUT2D eigenvalue weighted by molar-refractivity contribution is 0.0947. The molecule has 0 aromatic heterocycles. The van der Waals surface area contributed by atoms with Gasteiger partial charge in [-0.2, -0.15) is 0 Å². The third-order valence-electron chi connectivity index (χ3n) is 2.53. The van der Waals surface area contributed by atoms with Gasteiger partial charge in [0.1, 0.15) is 5.75 Å². The largest absolute Gasteiger partial charge is 0.496 e. The van der Waals surface area contributed by atoms with E-state index < -0.39 is 0 Å². The van der Waals surface area contributed by atoms with Crippen LogP contribution in [-0.4, -0.2) is 32.1 Å². The third-order valence-corrected chi connectivity index (χ3v) is 3.02. The maximum Gasteiger partial charge on any atom is 0.255 e. The molecule has 0 heterocycles. The summed E-state index contributed by atoms with van der Waals surface area (Å²) in [6.07, 6.45) is 0. The van der Waals surface area contributed by atoms with E-state index >= 15 is 0 Å². The maximum atomic E-state index is 12.0. The van der Waals surface area contributed by atoms with Crippen molar-refractivity contribution in [3.05, 3.63) is 28.2 Å². The molecule has 0 saturated heterocycles. The van der Waals surface area contributed by atoms with Gasteiger partial charge in [-0.3, -0.25) is 4.79 Å². The molecule has 19 heavy (non-hydrogen) atoms. The Hall–Kier alpha value is -0.780. The second-order valence-electron chi connectivity index (χ2n) is 4.01. The highest BCUT2D eigenvalue weighted by Crippen LogP contribution is 2.23. The van der Waals surface area contributed by atoms with Crippen LogP contribution in [0.1, 0.15) is 24.2 Å². The average molecular weight is 352 g/mol. The molecule has 0 aliphatic carbocycles. The van der Waals surface area contributed by atoms with Crippen LogP contribution in [0.15, 0.2) is 22.7 Å². The van der Waals surface area contributed by atoms with Gasteiger partial charge in [0, 0.05) is 17.1 Å². The van der Waals surface area contributed by atoms with E-state index in [2.05, 4.69) is 26.6 Å². The Kier molecular flexibility index (Phi) is 8.80. The lowest BCUT2D eigenvalue weighted by Gasteiger charge is -2.14. The van der Waals surface area contributed by atoms with Crippen LogP contribution in [0.5, 0.6) is 5.75 Å². The van der Waals surface area contributed by atoms with Crippen molar-refractivity contribution in [3.63, 3.8) is 0 Å². The van der Waals surface area contributed by atoms with Gasteiger partial charge in [-0.25, -0.2) is 0 Å². The molecule has 0 spiro atoms. The van der Waals surface area contributed by atoms with Crippen LogP contribution in [0.3, 0.4) is 0 Å². The highest BCUT2D eigenvalue weighted by Gasteiger charge is 2.12. The standard InChI is InChI=1S/C13H19BrN2O2.ClH/c1-4-15-9(2)8-16-13(17)11-6-5-10(14)7-12(11)18-3;/h5-7,9,15H,4,8H2,1-3H3,(H,16,17);1H/t9-;/m1./s1. The van der Waals surface area contributed by atoms with Gasteiger partial charge < -0.3 is 15.4 Å². The Balaban J connectivity index is 0.00000324. The summed E-state index contributed by atoms with van der Waals surface area (Å²) in [7, 11) is 1.56. The number of hydrogen-bond acceptors (Lipinski definition) is 3. The number of ether oxygens (including phenoxy) is 1. The van der Waals surface area contributed by atoms with Crippen LogP contribution in [0.2, 0.25) is 0 Å². The number of carbonyl (C=O) groups is 1. The van der Waals surface area contributed by atoms with Crippen molar-refractivity contribution < 1.29 is 9.53 Å². The minimum absolute atomic E-state index is 0. The van der Waals surface area contributed by atoms with Crippen molar-refractivity contribution in [2.75, 3.05) is 20.2 Å².